The van der Waals surface area contributed by atoms with Crippen LogP contribution in [0.25, 0.3) is 16.9 Å². The quantitative estimate of drug-likeness (QED) is 0.429. The van der Waals surface area contributed by atoms with E-state index in [1.54, 1.807) is 10.9 Å². The number of amides is 1. The lowest BCUT2D eigenvalue weighted by Crippen LogP contribution is -2.13. The molecule has 0 aliphatic carbocycles. The van der Waals surface area contributed by atoms with Gasteiger partial charge >= 0.3 is 0 Å². The molecule has 5 rings (SSSR count). The molecule has 1 aliphatic rings. The molecule has 1 N–H and O–H groups in total. The molecular weight excluding hydrogens is 454 g/mol. The number of halogens is 1. The van der Waals surface area contributed by atoms with Crippen LogP contribution in [-0.2, 0) is 13.0 Å². The Kier molecular flexibility index (Phi) is 5.19. The number of fused-ring (bicyclic) bond motifs is 1. The highest BCUT2D eigenvalue weighted by atomic mass is 79.9. The zero-order valence-corrected chi connectivity index (χ0v) is 18.8. The van der Waals surface area contributed by atoms with Crippen molar-refractivity contribution in [3.63, 3.8) is 0 Å². The van der Waals surface area contributed by atoms with Gasteiger partial charge in [0.15, 0.2) is 0 Å². The van der Waals surface area contributed by atoms with E-state index < -0.39 is 0 Å². The molecule has 31 heavy (non-hydrogen) atoms. The van der Waals surface area contributed by atoms with Crippen LogP contribution in [0.1, 0.15) is 34.7 Å². The van der Waals surface area contributed by atoms with E-state index in [4.69, 9.17) is 4.98 Å². The van der Waals surface area contributed by atoms with Gasteiger partial charge in [0.2, 0.25) is 0 Å². The molecule has 156 valence electrons. The van der Waals surface area contributed by atoms with Crippen LogP contribution in [0.4, 0.5) is 5.69 Å². The lowest BCUT2D eigenvalue weighted by molar-refractivity contribution is 0.102. The Morgan fingerprint density at radius 3 is 2.58 bits per heavy atom. The first-order valence-electron chi connectivity index (χ1n) is 10.4. The van der Waals surface area contributed by atoms with Crippen LogP contribution in [0.2, 0.25) is 0 Å². The highest BCUT2D eigenvalue weighted by Crippen LogP contribution is 2.24. The van der Waals surface area contributed by atoms with Gasteiger partial charge in [0, 0.05) is 34.9 Å². The van der Waals surface area contributed by atoms with Crippen molar-refractivity contribution in [3.8, 4) is 16.9 Å². The Morgan fingerprint density at radius 2 is 1.84 bits per heavy atom. The maximum Gasteiger partial charge on any atom is 0.259 e. The van der Waals surface area contributed by atoms with E-state index in [1.165, 1.54) is 12.8 Å². The van der Waals surface area contributed by atoms with Crippen LogP contribution in [0.5, 0.6) is 0 Å². The Balaban J connectivity index is 1.32. The molecule has 2 aromatic heterocycles. The minimum Gasteiger partial charge on any atom is -0.334 e. The van der Waals surface area contributed by atoms with Crippen LogP contribution < -0.4 is 5.32 Å². The van der Waals surface area contributed by atoms with Gasteiger partial charge in [-0.2, -0.15) is 5.10 Å². The SMILES string of the molecule is Cc1c(C(=O)Nc2ccc(-c3cn4c(n3)CCCC4)cc2)cnn1-c1ccc(Br)cc1. The van der Waals surface area contributed by atoms with Gasteiger partial charge in [-0.15, -0.1) is 0 Å². The number of anilines is 1. The number of aryl methyl sites for hydroxylation is 2. The maximum absolute atomic E-state index is 12.8. The maximum atomic E-state index is 12.8. The van der Waals surface area contributed by atoms with Gasteiger partial charge in [-0.3, -0.25) is 4.79 Å². The van der Waals surface area contributed by atoms with Crippen molar-refractivity contribution in [2.75, 3.05) is 5.32 Å². The molecule has 0 atom stereocenters. The van der Waals surface area contributed by atoms with Gasteiger partial charge in [-0.25, -0.2) is 9.67 Å². The summed E-state index contributed by atoms with van der Waals surface area (Å²) in [5.74, 6) is 0.989. The summed E-state index contributed by atoms with van der Waals surface area (Å²) in [4.78, 5) is 17.6. The summed E-state index contributed by atoms with van der Waals surface area (Å²) in [6, 6.07) is 15.7. The van der Waals surface area contributed by atoms with Gasteiger partial charge < -0.3 is 9.88 Å². The molecule has 0 saturated carbocycles. The topological polar surface area (TPSA) is 64.7 Å². The molecule has 4 aromatic rings. The molecule has 0 saturated heterocycles. The second kappa shape index (κ2) is 8.15. The summed E-state index contributed by atoms with van der Waals surface area (Å²) in [7, 11) is 0. The first kappa shape index (κ1) is 19.8. The first-order chi connectivity index (χ1) is 15.1. The van der Waals surface area contributed by atoms with E-state index in [1.807, 2.05) is 55.5 Å². The molecule has 0 radical (unpaired) electrons. The number of rotatable bonds is 4. The van der Waals surface area contributed by atoms with Crippen molar-refractivity contribution in [2.24, 2.45) is 0 Å². The molecule has 2 aromatic carbocycles. The summed E-state index contributed by atoms with van der Waals surface area (Å²) < 4.78 is 5.02. The average molecular weight is 476 g/mol. The molecule has 3 heterocycles. The third-order valence-corrected chi connectivity index (χ3v) is 6.20. The van der Waals surface area contributed by atoms with Gasteiger partial charge in [0.05, 0.1) is 28.8 Å². The predicted octanol–water partition coefficient (Wildman–Crippen LogP) is 5.40. The predicted molar refractivity (Wildman–Crippen MR) is 125 cm³/mol. The van der Waals surface area contributed by atoms with E-state index >= 15 is 0 Å². The molecule has 0 unspecified atom stereocenters. The van der Waals surface area contributed by atoms with Gasteiger partial charge in [-0.05, 0) is 56.2 Å². The second-order valence-electron chi connectivity index (χ2n) is 7.76. The third kappa shape index (κ3) is 3.93. The van der Waals surface area contributed by atoms with Crippen LogP contribution in [0.3, 0.4) is 0 Å². The Labute approximate surface area is 189 Å². The van der Waals surface area contributed by atoms with Crippen LogP contribution in [0, 0.1) is 6.92 Å². The zero-order valence-electron chi connectivity index (χ0n) is 17.2. The van der Waals surface area contributed by atoms with Crippen LogP contribution in [0.15, 0.2) is 65.4 Å². The first-order valence-corrected chi connectivity index (χ1v) is 11.2. The number of carbonyl (C=O) groups excluding carboxylic acids is 1. The number of hydrogen-bond acceptors (Lipinski definition) is 3. The highest BCUT2D eigenvalue weighted by Gasteiger charge is 2.16. The molecular formula is C24H22BrN5O. The summed E-state index contributed by atoms with van der Waals surface area (Å²) >= 11 is 3.44. The number of aromatic nitrogens is 4. The van der Waals surface area contributed by atoms with Crippen LogP contribution >= 0.6 is 15.9 Å². The van der Waals surface area contributed by atoms with E-state index in [-0.39, 0.29) is 5.91 Å². The van der Waals surface area contributed by atoms with E-state index in [0.717, 1.165) is 51.6 Å². The van der Waals surface area contributed by atoms with Crippen molar-refractivity contribution in [1.82, 2.24) is 19.3 Å². The summed E-state index contributed by atoms with van der Waals surface area (Å²) in [6.45, 7) is 2.94. The standard InChI is InChI=1S/C24H22BrN5O/c1-16-21(14-26-30(16)20-11-7-18(25)8-12-20)24(31)27-19-9-5-17(6-10-19)22-15-29-13-3-2-4-23(29)28-22/h5-12,14-15H,2-4,13H2,1H3,(H,27,31). The van der Waals surface area contributed by atoms with Crippen molar-refractivity contribution in [1.29, 1.82) is 0 Å². The molecule has 7 heteroatoms. The van der Waals surface area contributed by atoms with Crippen molar-refractivity contribution < 1.29 is 4.79 Å². The average Bonchev–Trinajstić information content (AvgIpc) is 3.38. The fourth-order valence-corrected chi connectivity index (χ4v) is 4.21. The monoisotopic (exact) mass is 475 g/mol. The molecule has 6 nitrogen and oxygen atoms in total. The molecule has 0 spiro atoms. The molecule has 0 fully saturated rings. The van der Waals surface area contributed by atoms with E-state index in [2.05, 4.69) is 37.1 Å². The number of carbonyl (C=O) groups is 1. The smallest absolute Gasteiger partial charge is 0.259 e. The number of nitrogens with zero attached hydrogens (tertiary/aromatic N) is 4. The summed E-state index contributed by atoms with van der Waals surface area (Å²) in [5, 5.41) is 7.37. The highest BCUT2D eigenvalue weighted by molar-refractivity contribution is 9.10. The van der Waals surface area contributed by atoms with Crippen LogP contribution in [-0.4, -0.2) is 25.2 Å². The van der Waals surface area contributed by atoms with E-state index in [9.17, 15) is 4.79 Å². The molecule has 1 aliphatic heterocycles. The largest absolute Gasteiger partial charge is 0.334 e. The molecule has 1 amide bonds. The van der Waals surface area contributed by atoms with Crippen molar-refractivity contribution in [3.05, 3.63) is 82.5 Å². The normalized spacial score (nSPS) is 13.1. The van der Waals surface area contributed by atoms with Gasteiger partial charge in [0.25, 0.3) is 5.91 Å². The second-order valence-corrected chi connectivity index (χ2v) is 8.67. The number of nitrogens with one attached hydrogen (secondary N) is 1. The van der Waals surface area contributed by atoms with Crippen molar-refractivity contribution >= 4 is 27.5 Å². The lowest BCUT2D eigenvalue weighted by Gasteiger charge is -2.11. The third-order valence-electron chi connectivity index (χ3n) is 5.67. The fraction of sp³-hybridized carbons (Fsp3) is 0.208. The lowest BCUT2D eigenvalue weighted by atomic mass is 10.1. The minimum atomic E-state index is -0.175. The number of benzene rings is 2. The Bertz CT molecular complexity index is 1210. The summed E-state index contributed by atoms with van der Waals surface area (Å²) in [5.41, 5.74) is 5.04. The Hall–Kier alpha value is -3.19. The fourth-order valence-electron chi connectivity index (χ4n) is 3.95. The Morgan fingerprint density at radius 1 is 1.06 bits per heavy atom. The van der Waals surface area contributed by atoms with Gasteiger partial charge in [0.1, 0.15) is 5.82 Å². The van der Waals surface area contributed by atoms with E-state index in [0.29, 0.717) is 5.56 Å². The van der Waals surface area contributed by atoms with Crippen molar-refractivity contribution in [2.45, 2.75) is 32.7 Å². The molecule has 0 bridgehead atoms. The number of hydrogen-bond donors (Lipinski definition) is 1. The summed E-state index contributed by atoms with van der Waals surface area (Å²) in [6.07, 6.45) is 7.20. The number of imidazole rings is 1. The zero-order chi connectivity index (χ0) is 21.4. The minimum absolute atomic E-state index is 0.175. The van der Waals surface area contributed by atoms with Gasteiger partial charge in [-0.1, -0.05) is 28.1 Å².